The zero-order valence-corrected chi connectivity index (χ0v) is 16.6. The molecule has 7 heteroatoms. The molecule has 0 unspecified atom stereocenters. The average Bonchev–Trinajstić information content (AvgIpc) is 3.09. The van der Waals surface area contributed by atoms with Gasteiger partial charge in [0.25, 0.3) is 0 Å². The molecule has 7 nitrogen and oxygen atoms in total. The first-order chi connectivity index (χ1) is 13.5. The van der Waals surface area contributed by atoms with Crippen LogP contribution in [0.3, 0.4) is 0 Å². The van der Waals surface area contributed by atoms with Crippen molar-refractivity contribution < 1.29 is 4.79 Å². The van der Waals surface area contributed by atoms with Crippen LogP contribution in [0.5, 0.6) is 0 Å². The van der Waals surface area contributed by atoms with Gasteiger partial charge in [0, 0.05) is 24.4 Å². The number of nitrogens with one attached hydrogen (secondary N) is 1. The molecule has 0 aromatic carbocycles. The number of pyridine rings is 1. The normalized spacial score (nSPS) is 34.4. The quantitative estimate of drug-likeness (QED) is 0.861. The summed E-state index contributed by atoms with van der Waals surface area (Å²) in [7, 11) is 0. The molecule has 6 rings (SSSR count). The number of tetrazole rings is 1. The maximum Gasteiger partial charge on any atom is 0.226 e. The van der Waals surface area contributed by atoms with Crippen LogP contribution < -0.4 is 5.32 Å². The zero-order valence-electron chi connectivity index (χ0n) is 16.6. The molecule has 28 heavy (non-hydrogen) atoms. The monoisotopic (exact) mass is 380 g/mol. The van der Waals surface area contributed by atoms with Gasteiger partial charge in [-0.1, -0.05) is 6.07 Å². The van der Waals surface area contributed by atoms with E-state index in [0.717, 1.165) is 44.2 Å². The fraction of sp³-hybridized carbons (Fsp3) is 0.667. The third-order valence-electron chi connectivity index (χ3n) is 7.07. The fourth-order valence-corrected chi connectivity index (χ4v) is 6.46. The Balaban J connectivity index is 1.36. The third kappa shape index (κ3) is 2.91. The summed E-state index contributed by atoms with van der Waals surface area (Å²) >= 11 is 0. The van der Waals surface area contributed by atoms with Crippen molar-refractivity contribution in [2.24, 2.45) is 17.3 Å². The van der Waals surface area contributed by atoms with E-state index in [1.165, 1.54) is 6.42 Å². The van der Waals surface area contributed by atoms with Crippen LogP contribution in [-0.4, -0.2) is 37.1 Å². The van der Waals surface area contributed by atoms with Gasteiger partial charge in [-0.2, -0.15) is 4.80 Å². The number of nitrogens with zero attached hydrogens (tertiary/aromatic N) is 5. The van der Waals surface area contributed by atoms with Crippen LogP contribution in [0.2, 0.25) is 0 Å². The van der Waals surface area contributed by atoms with Crippen LogP contribution in [-0.2, 0) is 16.8 Å². The Labute approximate surface area is 165 Å². The highest BCUT2D eigenvalue weighted by molar-refractivity contribution is 5.83. The Bertz CT molecular complexity index is 864. The molecule has 2 heterocycles. The van der Waals surface area contributed by atoms with Crippen LogP contribution in [0.25, 0.3) is 0 Å². The molecule has 2 aromatic heterocycles. The van der Waals surface area contributed by atoms with Crippen molar-refractivity contribution in [1.82, 2.24) is 30.5 Å². The van der Waals surface area contributed by atoms with E-state index in [9.17, 15) is 4.79 Å². The van der Waals surface area contributed by atoms with E-state index in [-0.39, 0.29) is 22.9 Å². The van der Waals surface area contributed by atoms with Crippen molar-refractivity contribution in [2.75, 3.05) is 0 Å². The molecule has 1 N–H and O–H groups in total. The minimum Gasteiger partial charge on any atom is -0.353 e. The summed E-state index contributed by atoms with van der Waals surface area (Å²) in [6.45, 7) is 3.96. The van der Waals surface area contributed by atoms with E-state index in [2.05, 4.69) is 32.6 Å². The van der Waals surface area contributed by atoms with E-state index in [1.54, 1.807) is 6.20 Å². The standard InChI is InChI=1S/C21H28N6O/c1-14(7-18-5-3-4-6-22-18)23-19(28)20-9-16-8-17(10-20)12-21(11-16,13-20)27-25-15(2)24-26-27/h3-6,14,16-17H,7-13H2,1-2H3,(H,23,28)/t14-,16+,17+,20?,21?/m1/s1. The summed E-state index contributed by atoms with van der Waals surface area (Å²) < 4.78 is 0. The Morgan fingerprint density at radius 1 is 1.29 bits per heavy atom. The highest BCUT2D eigenvalue weighted by Gasteiger charge is 2.62. The van der Waals surface area contributed by atoms with Gasteiger partial charge in [-0.3, -0.25) is 9.78 Å². The molecule has 2 aromatic rings. The molecular weight excluding hydrogens is 352 g/mol. The topological polar surface area (TPSA) is 85.6 Å². The van der Waals surface area contributed by atoms with Gasteiger partial charge in [-0.25, -0.2) is 0 Å². The Morgan fingerprint density at radius 2 is 2.07 bits per heavy atom. The SMILES string of the molecule is Cc1nnn(C23C[C@H]4C[C@@H](CC(C(=O)N[C@H](C)Cc5ccccn5)(C4)C2)C3)n1. The first kappa shape index (κ1) is 17.8. The van der Waals surface area contributed by atoms with E-state index in [0.29, 0.717) is 17.7 Å². The first-order valence-corrected chi connectivity index (χ1v) is 10.4. The maximum absolute atomic E-state index is 13.5. The number of hydrogen-bond acceptors (Lipinski definition) is 5. The lowest BCUT2D eigenvalue weighted by atomic mass is 9.46. The summed E-state index contributed by atoms with van der Waals surface area (Å²) in [5.74, 6) is 2.10. The number of aryl methyl sites for hydroxylation is 1. The predicted octanol–water partition coefficient (Wildman–Crippen LogP) is 2.42. The maximum atomic E-state index is 13.5. The third-order valence-corrected chi connectivity index (χ3v) is 7.07. The summed E-state index contributed by atoms with van der Waals surface area (Å²) in [5.41, 5.74) is 0.594. The van der Waals surface area contributed by atoms with Crippen molar-refractivity contribution in [1.29, 1.82) is 0 Å². The lowest BCUT2D eigenvalue weighted by Gasteiger charge is -2.60. The van der Waals surface area contributed by atoms with Gasteiger partial charge in [0.2, 0.25) is 5.91 Å². The van der Waals surface area contributed by atoms with Gasteiger partial charge >= 0.3 is 0 Å². The summed E-state index contributed by atoms with van der Waals surface area (Å²) in [6.07, 6.45) is 8.81. The van der Waals surface area contributed by atoms with E-state index < -0.39 is 0 Å². The van der Waals surface area contributed by atoms with Gasteiger partial charge in [0.05, 0.1) is 11.0 Å². The summed E-state index contributed by atoms with van der Waals surface area (Å²) in [4.78, 5) is 19.7. The van der Waals surface area contributed by atoms with Crippen LogP contribution >= 0.6 is 0 Å². The van der Waals surface area contributed by atoms with E-state index in [4.69, 9.17) is 0 Å². The predicted molar refractivity (Wildman–Crippen MR) is 103 cm³/mol. The number of amides is 1. The smallest absolute Gasteiger partial charge is 0.226 e. The molecule has 0 aliphatic heterocycles. The van der Waals surface area contributed by atoms with Crippen LogP contribution in [0, 0.1) is 24.2 Å². The highest BCUT2D eigenvalue weighted by atomic mass is 16.2. The van der Waals surface area contributed by atoms with Crippen LogP contribution in [0.4, 0.5) is 0 Å². The van der Waals surface area contributed by atoms with E-state index in [1.807, 2.05) is 29.9 Å². The van der Waals surface area contributed by atoms with E-state index >= 15 is 0 Å². The second-order valence-corrected chi connectivity index (χ2v) is 9.49. The van der Waals surface area contributed by atoms with Crippen molar-refractivity contribution >= 4 is 5.91 Å². The number of hydrogen-bond donors (Lipinski definition) is 1. The van der Waals surface area contributed by atoms with Gasteiger partial charge in [0.1, 0.15) is 0 Å². The Morgan fingerprint density at radius 3 is 2.71 bits per heavy atom. The number of rotatable bonds is 5. The molecular formula is C21H28N6O. The minimum atomic E-state index is -0.288. The molecule has 0 spiro atoms. The van der Waals surface area contributed by atoms with Gasteiger partial charge in [-0.15, -0.1) is 10.2 Å². The van der Waals surface area contributed by atoms with Crippen molar-refractivity contribution in [3.8, 4) is 0 Å². The molecule has 0 radical (unpaired) electrons. The Kier molecular flexibility index (Phi) is 4.03. The lowest BCUT2D eigenvalue weighted by molar-refractivity contribution is -0.158. The molecule has 1 amide bonds. The van der Waals surface area contributed by atoms with Crippen molar-refractivity contribution in [3.63, 3.8) is 0 Å². The molecule has 3 atom stereocenters. The number of carbonyl (C=O) groups excluding carboxylic acids is 1. The molecule has 4 bridgehead atoms. The van der Waals surface area contributed by atoms with Crippen molar-refractivity contribution in [2.45, 2.75) is 70.4 Å². The summed E-state index contributed by atoms with van der Waals surface area (Å²) in [6, 6.07) is 5.99. The van der Waals surface area contributed by atoms with Gasteiger partial charge < -0.3 is 5.32 Å². The van der Waals surface area contributed by atoms with Crippen LogP contribution in [0.15, 0.2) is 24.4 Å². The number of aromatic nitrogens is 5. The first-order valence-electron chi connectivity index (χ1n) is 10.4. The molecule has 4 saturated carbocycles. The van der Waals surface area contributed by atoms with Crippen molar-refractivity contribution in [3.05, 3.63) is 35.9 Å². The summed E-state index contributed by atoms with van der Waals surface area (Å²) in [5, 5.41) is 16.3. The number of carbonyl (C=O) groups is 1. The Hall–Kier alpha value is -2.31. The second-order valence-electron chi connectivity index (χ2n) is 9.49. The lowest BCUT2D eigenvalue weighted by Crippen LogP contribution is -2.62. The molecule has 4 aliphatic carbocycles. The van der Waals surface area contributed by atoms with Crippen LogP contribution in [0.1, 0.15) is 57.0 Å². The molecule has 148 valence electrons. The molecule has 0 saturated heterocycles. The molecule has 4 aliphatic rings. The molecule has 4 fully saturated rings. The zero-order chi connectivity index (χ0) is 19.4. The highest BCUT2D eigenvalue weighted by Crippen LogP contribution is 2.64. The average molecular weight is 380 g/mol. The van der Waals surface area contributed by atoms with Gasteiger partial charge in [-0.05, 0) is 81.6 Å². The second kappa shape index (κ2) is 6.36. The fourth-order valence-electron chi connectivity index (χ4n) is 6.46. The minimum absolute atomic E-state index is 0.0677. The van der Waals surface area contributed by atoms with Gasteiger partial charge in [0.15, 0.2) is 5.82 Å². The largest absolute Gasteiger partial charge is 0.353 e.